The summed E-state index contributed by atoms with van der Waals surface area (Å²) < 4.78 is 11.6. The Morgan fingerprint density at radius 3 is 1.69 bits per heavy atom. The number of ketones is 3. The van der Waals surface area contributed by atoms with Gasteiger partial charge in [-0.3, -0.25) is 43.4 Å². The van der Waals surface area contributed by atoms with Crippen molar-refractivity contribution in [1.82, 2.24) is 9.80 Å². The second-order valence-corrected chi connectivity index (χ2v) is 13.5. The van der Waals surface area contributed by atoms with E-state index < -0.39 is 35.7 Å². The molecule has 0 bridgehead atoms. The molecule has 0 spiro atoms. The van der Waals surface area contributed by atoms with Gasteiger partial charge in [0, 0.05) is 19.3 Å². The number of Topliss-reactive ketones (excluding diaryl/α,β-unsaturated/α-hetero) is 3. The molecule has 11 nitrogen and oxygen atoms in total. The number of hydrogen-bond donors (Lipinski definition) is 0. The third-order valence-electron chi connectivity index (χ3n) is 9.91. The average molecular weight is 741 g/mol. The number of amides is 4. The van der Waals surface area contributed by atoms with E-state index in [9.17, 15) is 33.6 Å². The van der Waals surface area contributed by atoms with Gasteiger partial charge in [-0.1, -0.05) is 80.2 Å². The smallest absolute Gasteiger partial charge is 0.266 e. The summed E-state index contributed by atoms with van der Waals surface area (Å²) in [4.78, 5) is 89.7. The minimum atomic E-state index is -0.885. The van der Waals surface area contributed by atoms with E-state index in [1.807, 2.05) is 36.4 Å². The van der Waals surface area contributed by atoms with Gasteiger partial charge in [0.05, 0.1) is 47.4 Å². The zero-order chi connectivity index (χ0) is 37.9. The molecule has 55 heavy (non-hydrogen) atoms. The summed E-state index contributed by atoms with van der Waals surface area (Å²) in [5.74, 6) is -1.40. The standard InChI is InChI=1S/C23H21NO4.C20H15NO5.CH4/c1-15-10-11-18(19(25)14-15)24-22(26)17-8-5-9-20(21(17)23(24)27)28-13-12-16-6-3-2-4-7-16;22-12-9-10-15(16(23)11-12)21-19(24)14-7-4-8-17(18(14)20(21)25)26-13-5-2-1-3-6-13;/h2-9,18H,1,10-14H2;1-8,15H,9-11H2;1H4. The maximum Gasteiger partial charge on any atom is 0.266 e. The van der Waals surface area contributed by atoms with Gasteiger partial charge in [0.1, 0.15) is 23.0 Å². The van der Waals surface area contributed by atoms with Gasteiger partial charge >= 0.3 is 0 Å². The molecule has 4 aliphatic rings. The second kappa shape index (κ2) is 16.3. The van der Waals surface area contributed by atoms with Crippen molar-refractivity contribution in [2.45, 2.75) is 64.5 Å². The average Bonchev–Trinajstić information content (AvgIpc) is 3.57. The number of nitrogens with zero attached hydrogens (tertiary/aromatic N) is 2. The van der Waals surface area contributed by atoms with Crippen molar-refractivity contribution in [3.05, 3.63) is 137 Å². The van der Waals surface area contributed by atoms with Crippen LogP contribution in [-0.4, -0.2) is 69.5 Å². The molecule has 0 saturated heterocycles. The quantitative estimate of drug-likeness (QED) is 0.106. The van der Waals surface area contributed by atoms with E-state index in [0.29, 0.717) is 42.9 Å². The molecule has 2 fully saturated rings. The van der Waals surface area contributed by atoms with Crippen LogP contribution in [0.15, 0.2) is 109 Å². The van der Waals surface area contributed by atoms with Gasteiger partial charge < -0.3 is 9.47 Å². The molecule has 2 unspecified atom stereocenters. The van der Waals surface area contributed by atoms with Crippen LogP contribution in [0.4, 0.5) is 0 Å². The minimum Gasteiger partial charge on any atom is -0.492 e. The maximum absolute atomic E-state index is 13.0. The van der Waals surface area contributed by atoms with Gasteiger partial charge in [-0.05, 0) is 61.2 Å². The number of benzene rings is 4. The topological polar surface area (TPSA) is 144 Å². The molecule has 0 aromatic heterocycles. The zero-order valence-corrected chi connectivity index (χ0v) is 29.3. The van der Waals surface area contributed by atoms with Crippen LogP contribution in [0.25, 0.3) is 0 Å². The number of carbonyl (C=O) groups is 7. The number of hydrogen-bond acceptors (Lipinski definition) is 9. The van der Waals surface area contributed by atoms with Crippen LogP contribution < -0.4 is 9.47 Å². The predicted molar refractivity (Wildman–Crippen MR) is 202 cm³/mol. The molecule has 4 amide bonds. The number of imide groups is 2. The highest BCUT2D eigenvalue weighted by atomic mass is 16.5. The lowest BCUT2D eigenvalue weighted by atomic mass is 9.89. The summed E-state index contributed by atoms with van der Waals surface area (Å²) in [5.41, 5.74) is 2.92. The number of para-hydroxylation sites is 1. The monoisotopic (exact) mass is 740 g/mol. The van der Waals surface area contributed by atoms with Crippen LogP contribution in [0.2, 0.25) is 0 Å². The first-order valence-electron chi connectivity index (χ1n) is 17.8. The molecule has 0 radical (unpaired) electrons. The molecule has 4 aromatic carbocycles. The van der Waals surface area contributed by atoms with Crippen LogP contribution in [-0.2, 0) is 20.8 Å². The van der Waals surface area contributed by atoms with E-state index in [4.69, 9.17) is 9.47 Å². The van der Waals surface area contributed by atoms with Gasteiger partial charge in [0.2, 0.25) is 0 Å². The van der Waals surface area contributed by atoms with Gasteiger partial charge in [-0.15, -0.1) is 0 Å². The Morgan fingerprint density at radius 2 is 1.11 bits per heavy atom. The Bertz CT molecular complexity index is 2210. The molecular formula is C44H40N2O9. The van der Waals surface area contributed by atoms with Crippen molar-refractivity contribution in [2.75, 3.05) is 6.61 Å². The summed E-state index contributed by atoms with van der Waals surface area (Å²) in [6.45, 7) is 4.24. The van der Waals surface area contributed by atoms with Crippen LogP contribution >= 0.6 is 0 Å². The number of carbonyl (C=O) groups excluding carboxylic acids is 7. The predicted octanol–water partition coefficient (Wildman–Crippen LogP) is 6.98. The van der Waals surface area contributed by atoms with E-state index in [1.165, 1.54) is 0 Å². The van der Waals surface area contributed by atoms with Gasteiger partial charge in [0.15, 0.2) is 11.6 Å². The highest BCUT2D eigenvalue weighted by Crippen LogP contribution is 2.37. The minimum absolute atomic E-state index is 0. The number of ether oxygens (including phenoxy) is 2. The van der Waals surface area contributed by atoms with E-state index in [0.717, 1.165) is 20.9 Å². The number of allylic oxidation sites excluding steroid dienone is 1. The van der Waals surface area contributed by atoms with Crippen LogP contribution in [0.5, 0.6) is 17.2 Å². The van der Waals surface area contributed by atoms with E-state index in [-0.39, 0.29) is 72.9 Å². The zero-order valence-electron chi connectivity index (χ0n) is 29.3. The first-order chi connectivity index (χ1) is 26.1. The molecule has 0 N–H and O–H groups in total. The molecule has 11 heteroatoms. The fourth-order valence-corrected chi connectivity index (χ4v) is 7.22. The van der Waals surface area contributed by atoms with E-state index in [1.54, 1.807) is 60.7 Å². The van der Waals surface area contributed by atoms with Crippen molar-refractivity contribution in [3.63, 3.8) is 0 Å². The molecule has 2 aliphatic heterocycles. The first kappa shape index (κ1) is 38.2. The highest BCUT2D eigenvalue weighted by Gasteiger charge is 2.47. The van der Waals surface area contributed by atoms with Crippen LogP contribution in [0, 0.1) is 0 Å². The molecule has 2 saturated carbocycles. The van der Waals surface area contributed by atoms with Gasteiger partial charge in [-0.2, -0.15) is 0 Å². The molecule has 280 valence electrons. The Kier molecular flexibility index (Phi) is 11.3. The summed E-state index contributed by atoms with van der Waals surface area (Å²) in [6, 6.07) is 27.1. The van der Waals surface area contributed by atoms with Crippen molar-refractivity contribution >= 4 is 41.0 Å². The maximum atomic E-state index is 13.0. The summed E-state index contributed by atoms with van der Waals surface area (Å²) in [5, 5.41) is 0. The SMILES string of the molecule is C.C=C1CCC(N2C(=O)c3cccc(OCCc4ccccc4)c3C2=O)C(=O)C1.O=C1CCC(N2C(=O)c3cccc(Oc4ccccc4)c3C2=O)C(=O)C1. The Balaban J connectivity index is 0.000000184. The Morgan fingerprint density at radius 1 is 0.582 bits per heavy atom. The van der Waals surface area contributed by atoms with Crippen molar-refractivity contribution in [3.8, 4) is 17.2 Å². The summed E-state index contributed by atoms with van der Waals surface area (Å²) in [7, 11) is 0. The Labute approximate surface area is 318 Å². The largest absolute Gasteiger partial charge is 0.492 e. The van der Waals surface area contributed by atoms with E-state index >= 15 is 0 Å². The molecule has 8 rings (SSSR count). The van der Waals surface area contributed by atoms with Crippen molar-refractivity contribution in [1.29, 1.82) is 0 Å². The van der Waals surface area contributed by atoms with Crippen molar-refractivity contribution < 1.29 is 43.0 Å². The molecule has 2 atom stereocenters. The summed E-state index contributed by atoms with van der Waals surface area (Å²) >= 11 is 0. The lowest BCUT2D eigenvalue weighted by molar-refractivity contribution is -0.132. The molecule has 2 heterocycles. The third-order valence-corrected chi connectivity index (χ3v) is 9.91. The lowest BCUT2D eigenvalue weighted by Crippen LogP contribution is -2.47. The fraction of sp³-hybridized carbons (Fsp3) is 0.250. The van der Waals surface area contributed by atoms with Crippen LogP contribution in [0.1, 0.15) is 92.9 Å². The first-order valence-corrected chi connectivity index (χ1v) is 17.8. The highest BCUT2D eigenvalue weighted by molar-refractivity contribution is 6.25. The normalized spacial score (nSPS) is 19.1. The van der Waals surface area contributed by atoms with E-state index in [2.05, 4.69) is 6.58 Å². The lowest BCUT2D eigenvalue weighted by Gasteiger charge is -2.29. The van der Waals surface area contributed by atoms with Crippen molar-refractivity contribution in [2.24, 2.45) is 0 Å². The van der Waals surface area contributed by atoms with Crippen LogP contribution in [0.3, 0.4) is 0 Å². The fourth-order valence-electron chi connectivity index (χ4n) is 7.22. The number of fused-ring (bicyclic) bond motifs is 2. The molecular weight excluding hydrogens is 700 g/mol. The van der Waals surface area contributed by atoms with Gasteiger partial charge in [-0.25, -0.2) is 0 Å². The molecule has 4 aromatic rings. The molecule has 2 aliphatic carbocycles. The van der Waals surface area contributed by atoms with Gasteiger partial charge in [0.25, 0.3) is 23.6 Å². The third kappa shape index (κ3) is 7.64. The second-order valence-electron chi connectivity index (χ2n) is 13.5. The number of rotatable bonds is 8. The Hall–Kier alpha value is -6.49. The summed E-state index contributed by atoms with van der Waals surface area (Å²) in [6.07, 6.45) is 2.14.